The Morgan fingerprint density at radius 3 is 2.36 bits per heavy atom. The summed E-state index contributed by atoms with van der Waals surface area (Å²) in [6, 6.07) is 28.4. The van der Waals surface area contributed by atoms with Gasteiger partial charge in [-0.3, -0.25) is 0 Å². The first kappa shape index (κ1) is 15.8. The van der Waals surface area contributed by atoms with Crippen molar-refractivity contribution in [2.45, 2.75) is 18.9 Å². The van der Waals surface area contributed by atoms with E-state index in [1.54, 1.807) is 7.11 Å². The number of rotatable bonds is 4. The predicted molar refractivity (Wildman–Crippen MR) is 103 cm³/mol. The van der Waals surface area contributed by atoms with Crippen molar-refractivity contribution in [3.05, 3.63) is 95.6 Å². The minimum Gasteiger partial charge on any atom is -0.497 e. The van der Waals surface area contributed by atoms with Crippen LogP contribution in [0.2, 0.25) is 0 Å². The fourth-order valence-electron chi connectivity index (χ4n) is 3.80. The molecule has 1 aliphatic rings. The molecule has 1 atom stereocenters. The van der Waals surface area contributed by atoms with E-state index in [4.69, 9.17) is 4.74 Å². The first-order chi connectivity index (χ1) is 12.3. The Morgan fingerprint density at radius 1 is 0.920 bits per heavy atom. The summed E-state index contributed by atoms with van der Waals surface area (Å²) in [6.45, 7) is 1.03. The molecule has 4 rings (SSSR count). The average molecular weight is 329 g/mol. The normalized spacial score (nSPS) is 16.4. The summed E-state index contributed by atoms with van der Waals surface area (Å²) in [5, 5.41) is 0. The van der Waals surface area contributed by atoms with Gasteiger partial charge in [-0.15, -0.1) is 0 Å². The number of nitrogens with zero attached hydrogens (tertiary/aromatic N) is 1. The van der Waals surface area contributed by atoms with Gasteiger partial charge in [-0.2, -0.15) is 0 Å². The van der Waals surface area contributed by atoms with Gasteiger partial charge in [0.1, 0.15) is 5.75 Å². The number of para-hydroxylation sites is 1. The minimum atomic E-state index is 0.347. The highest BCUT2D eigenvalue weighted by atomic mass is 16.5. The van der Waals surface area contributed by atoms with E-state index in [2.05, 4.69) is 83.8 Å². The van der Waals surface area contributed by atoms with E-state index in [1.807, 2.05) is 0 Å². The maximum Gasteiger partial charge on any atom is 0.119 e. The monoisotopic (exact) mass is 329 g/mol. The van der Waals surface area contributed by atoms with Crippen molar-refractivity contribution < 1.29 is 4.74 Å². The van der Waals surface area contributed by atoms with Gasteiger partial charge in [-0.05, 0) is 53.8 Å². The molecule has 2 nitrogen and oxygen atoms in total. The van der Waals surface area contributed by atoms with Crippen molar-refractivity contribution in [2.24, 2.45) is 0 Å². The molecule has 0 fully saturated rings. The molecule has 3 aromatic carbocycles. The second-order valence-electron chi connectivity index (χ2n) is 6.55. The summed E-state index contributed by atoms with van der Waals surface area (Å²) in [6.07, 6.45) is 2.06. The first-order valence-corrected chi connectivity index (χ1v) is 8.87. The van der Waals surface area contributed by atoms with Crippen molar-refractivity contribution in [3.8, 4) is 5.75 Å². The molecule has 25 heavy (non-hydrogen) atoms. The quantitative estimate of drug-likeness (QED) is 0.665. The van der Waals surface area contributed by atoms with Crippen LogP contribution in [0.3, 0.4) is 0 Å². The second-order valence-corrected chi connectivity index (χ2v) is 6.55. The molecule has 2 heteroatoms. The molecule has 0 amide bonds. The summed E-state index contributed by atoms with van der Waals surface area (Å²) >= 11 is 0. The molecule has 3 aromatic rings. The summed E-state index contributed by atoms with van der Waals surface area (Å²) in [5.74, 6) is 0.949. The Morgan fingerprint density at radius 2 is 1.64 bits per heavy atom. The lowest BCUT2D eigenvalue weighted by Gasteiger charge is -2.39. The fraction of sp³-hybridized carbons (Fsp3) is 0.217. The van der Waals surface area contributed by atoms with Crippen LogP contribution < -0.4 is 9.64 Å². The van der Waals surface area contributed by atoms with E-state index in [0.29, 0.717) is 6.04 Å². The third-order valence-electron chi connectivity index (χ3n) is 5.07. The molecule has 1 heterocycles. The number of methoxy groups -OCH3 is 1. The lowest BCUT2D eigenvalue weighted by atomic mass is 9.88. The van der Waals surface area contributed by atoms with Gasteiger partial charge in [0.2, 0.25) is 0 Å². The first-order valence-electron chi connectivity index (χ1n) is 8.87. The summed E-state index contributed by atoms with van der Waals surface area (Å²) in [4.78, 5) is 2.54. The summed E-state index contributed by atoms with van der Waals surface area (Å²) in [5.41, 5.74) is 5.49. The summed E-state index contributed by atoms with van der Waals surface area (Å²) in [7, 11) is 1.74. The Hall–Kier alpha value is -2.74. The fourth-order valence-corrected chi connectivity index (χ4v) is 3.80. The van der Waals surface area contributed by atoms with Crippen molar-refractivity contribution >= 4 is 5.69 Å². The Balaban J connectivity index is 1.75. The van der Waals surface area contributed by atoms with Crippen molar-refractivity contribution in [1.29, 1.82) is 0 Å². The molecule has 0 radical (unpaired) electrons. The molecule has 0 aliphatic carbocycles. The third-order valence-corrected chi connectivity index (χ3v) is 5.07. The van der Waals surface area contributed by atoms with Crippen molar-refractivity contribution in [2.75, 3.05) is 18.6 Å². The maximum atomic E-state index is 5.43. The third kappa shape index (κ3) is 3.25. The standard InChI is InChI=1S/C23H23NO/c1-25-21-12-13-22-19(17-21)14-15-24(20-10-6-3-7-11-20)23(22)16-18-8-4-2-5-9-18/h2-13,17,23H,14-16H2,1H3. The molecular weight excluding hydrogens is 306 g/mol. The number of ether oxygens (including phenoxy) is 1. The molecule has 0 saturated heterocycles. The van der Waals surface area contributed by atoms with Crippen molar-refractivity contribution in [1.82, 2.24) is 0 Å². The molecule has 0 aromatic heterocycles. The van der Waals surface area contributed by atoms with E-state index >= 15 is 0 Å². The van der Waals surface area contributed by atoms with Crippen LogP contribution >= 0.6 is 0 Å². The van der Waals surface area contributed by atoms with E-state index in [9.17, 15) is 0 Å². The SMILES string of the molecule is COc1ccc2c(c1)CCN(c1ccccc1)C2Cc1ccccc1. The molecule has 0 bridgehead atoms. The van der Waals surface area contributed by atoms with Crippen LogP contribution in [0, 0.1) is 0 Å². The molecule has 126 valence electrons. The lowest BCUT2D eigenvalue weighted by molar-refractivity contribution is 0.413. The van der Waals surface area contributed by atoms with Gasteiger partial charge in [0, 0.05) is 12.2 Å². The zero-order valence-corrected chi connectivity index (χ0v) is 14.6. The molecule has 0 spiro atoms. The zero-order chi connectivity index (χ0) is 17.1. The van der Waals surface area contributed by atoms with Crippen LogP contribution in [-0.4, -0.2) is 13.7 Å². The van der Waals surface area contributed by atoms with E-state index in [1.165, 1.54) is 22.4 Å². The molecule has 1 aliphatic heterocycles. The zero-order valence-electron chi connectivity index (χ0n) is 14.6. The van der Waals surface area contributed by atoms with E-state index < -0.39 is 0 Å². The molecule has 1 unspecified atom stereocenters. The van der Waals surface area contributed by atoms with E-state index in [0.717, 1.165) is 25.1 Å². The summed E-state index contributed by atoms with van der Waals surface area (Å²) < 4.78 is 5.43. The van der Waals surface area contributed by atoms with Gasteiger partial charge in [-0.25, -0.2) is 0 Å². The van der Waals surface area contributed by atoms with Gasteiger partial charge in [0.05, 0.1) is 13.2 Å². The van der Waals surface area contributed by atoms with Crippen LogP contribution in [0.5, 0.6) is 5.75 Å². The Bertz CT molecular complexity index is 829. The largest absolute Gasteiger partial charge is 0.497 e. The maximum absolute atomic E-state index is 5.43. The van der Waals surface area contributed by atoms with Gasteiger partial charge in [0.15, 0.2) is 0 Å². The van der Waals surface area contributed by atoms with Gasteiger partial charge in [-0.1, -0.05) is 54.6 Å². The van der Waals surface area contributed by atoms with Gasteiger partial charge in [0.25, 0.3) is 0 Å². The average Bonchev–Trinajstić information content (AvgIpc) is 2.69. The second kappa shape index (κ2) is 7.02. The highest BCUT2D eigenvalue weighted by Gasteiger charge is 2.28. The van der Waals surface area contributed by atoms with Crippen molar-refractivity contribution in [3.63, 3.8) is 0 Å². The number of anilines is 1. The number of benzene rings is 3. The van der Waals surface area contributed by atoms with Gasteiger partial charge >= 0.3 is 0 Å². The Kier molecular flexibility index (Phi) is 4.43. The number of hydrogen-bond acceptors (Lipinski definition) is 2. The highest BCUT2D eigenvalue weighted by molar-refractivity contribution is 5.53. The predicted octanol–water partition coefficient (Wildman–Crippen LogP) is 5.04. The smallest absolute Gasteiger partial charge is 0.119 e. The van der Waals surface area contributed by atoms with Crippen LogP contribution in [0.1, 0.15) is 22.7 Å². The topological polar surface area (TPSA) is 12.5 Å². The number of fused-ring (bicyclic) bond motifs is 1. The number of hydrogen-bond donors (Lipinski definition) is 0. The van der Waals surface area contributed by atoms with Crippen LogP contribution in [0.25, 0.3) is 0 Å². The lowest BCUT2D eigenvalue weighted by Crippen LogP contribution is -2.36. The van der Waals surface area contributed by atoms with Crippen LogP contribution in [0.15, 0.2) is 78.9 Å². The van der Waals surface area contributed by atoms with Crippen LogP contribution in [0.4, 0.5) is 5.69 Å². The van der Waals surface area contributed by atoms with Gasteiger partial charge < -0.3 is 9.64 Å². The molecule has 0 N–H and O–H groups in total. The highest BCUT2D eigenvalue weighted by Crippen LogP contribution is 2.37. The minimum absolute atomic E-state index is 0.347. The Labute approximate surface area is 149 Å². The van der Waals surface area contributed by atoms with E-state index in [-0.39, 0.29) is 0 Å². The molecular formula is C23H23NO. The molecule has 0 saturated carbocycles. The van der Waals surface area contributed by atoms with Crippen LogP contribution in [-0.2, 0) is 12.8 Å².